The molecule has 0 bridgehead atoms. The number of carbonyl (C=O) groups is 1. The van der Waals surface area contributed by atoms with Gasteiger partial charge in [-0.1, -0.05) is 0 Å². The summed E-state index contributed by atoms with van der Waals surface area (Å²) in [7, 11) is -3.03. The second kappa shape index (κ2) is 4.73. The maximum Gasteiger partial charge on any atom is 0.229 e. The molecule has 1 aromatic rings. The van der Waals surface area contributed by atoms with Crippen LogP contribution < -0.4 is 5.32 Å². The number of sulfone groups is 1. The van der Waals surface area contributed by atoms with Gasteiger partial charge in [0.05, 0.1) is 17.4 Å². The van der Waals surface area contributed by atoms with Gasteiger partial charge in [0.25, 0.3) is 0 Å². The first-order valence-electron chi connectivity index (χ1n) is 5.09. The van der Waals surface area contributed by atoms with E-state index in [0.717, 1.165) is 4.47 Å². The van der Waals surface area contributed by atoms with Gasteiger partial charge >= 0.3 is 0 Å². The van der Waals surface area contributed by atoms with Crippen molar-refractivity contribution in [3.05, 3.63) is 22.8 Å². The molecule has 0 aliphatic carbocycles. The van der Waals surface area contributed by atoms with Crippen LogP contribution in [0.1, 0.15) is 6.42 Å². The van der Waals surface area contributed by atoms with Crippen molar-refractivity contribution in [1.82, 2.24) is 4.98 Å². The first-order valence-corrected chi connectivity index (χ1v) is 7.70. The number of hydrogen-bond acceptors (Lipinski definition) is 4. The summed E-state index contributed by atoms with van der Waals surface area (Å²) >= 11 is 3.24. The van der Waals surface area contributed by atoms with Crippen LogP contribution in [-0.4, -0.2) is 30.8 Å². The molecule has 1 atom stereocenters. The van der Waals surface area contributed by atoms with Crippen molar-refractivity contribution < 1.29 is 13.2 Å². The molecule has 1 unspecified atom stereocenters. The van der Waals surface area contributed by atoms with Crippen LogP contribution in [0.5, 0.6) is 0 Å². The second-order valence-electron chi connectivity index (χ2n) is 3.95. The Hall–Kier alpha value is -0.950. The van der Waals surface area contributed by atoms with Crippen molar-refractivity contribution in [3.8, 4) is 0 Å². The predicted molar refractivity (Wildman–Crippen MR) is 67.3 cm³/mol. The maximum absolute atomic E-state index is 11.8. The van der Waals surface area contributed by atoms with E-state index in [-0.39, 0.29) is 17.4 Å². The van der Waals surface area contributed by atoms with Crippen LogP contribution in [0.3, 0.4) is 0 Å². The Morgan fingerprint density at radius 3 is 2.76 bits per heavy atom. The Kier molecular flexibility index (Phi) is 3.48. The van der Waals surface area contributed by atoms with Crippen LogP contribution in [0, 0.1) is 5.92 Å². The average molecular weight is 319 g/mol. The highest BCUT2D eigenvalue weighted by atomic mass is 79.9. The minimum absolute atomic E-state index is 0.0602. The summed E-state index contributed by atoms with van der Waals surface area (Å²) in [6, 6.07) is 3.42. The van der Waals surface area contributed by atoms with Crippen LogP contribution in [-0.2, 0) is 14.6 Å². The molecule has 92 valence electrons. The molecule has 1 aromatic heterocycles. The van der Waals surface area contributed by atoms with E-state index in [2.05, 4.69) is 26.2 Å². The monoisotopic (exact) mass is 318 g/mol. The standard InChI is InChI=1S/C10H11BrN2O3S/c11-8-1-2-9(12-5-8)13-10(14)7-3-4-17(15,16)6-7/h1-2,5,7H,3-4,6H2,(H,12,13,14). The summed E-state index contributed by atoms with van der Waals surface area (Å²) in [6.07, 6.45) is 1.96. The van der Waals surface area contributed by atoms with Gasteiger partial charge in [0, 0.05) is 10.7 Å². The van der Waals surface area contributed by atoms with Gasteiger partial charge < -0.3 is 5.32 Å². The lowest BCUT2D eigenvalue weighted by molar-refractivity contribution is -0.119. The minimum Gasteiger partial charge on any atom is -0.310 e. The van der Waals surface area contributed by atoms with Gasteiger partial charge in [0.1, 0.15) is 5.82 Å². The largest absolute Gasteiger partial charge is 0.310 e. The van der Waals surface area contributed by atoms with Crippen molar-refractivity contribution in [1.29, 1.82) is 0 Å². The molecule has 2 rings (SSSR count). The second-order valence-corrected chi connectivity index (χ2v) is 7.10. The zero-order valence-corrected chi connectivity index (χ0v) is 11.3. The summed E-state index contributed by atoms with van der Waals surface area (Å²) in [6.45, 7) is 0. The molecule has 0 aromatic carbocycles. The topological polar surface area (TPSA) is 76.1 Å². The molecule has 1 aliphatic rings. The molecular weight excluding hydrogens is 308 g/mol. The fourth-order valence-corrected chi connectivity index (χ4v) is 3.66. The Balaban J connectivity index is 2.01. The van der Waals surface area contributed by atoms with Gasteiger partial charge in [0.15, 0.2) is 9.84 Å². The van der Waals surface area contributed by atoms with E-state index in [4.69, 9.17) is 0 Å². The number of amides is 1. The van der Waals surface area contributed by atoms with Crippen LogP contribution >= 0.6 is 15.9 Å². The Morgan fingerprint density at radius 2 is 2.24 bits per heavy atom. The number of aromatic nitrogens is 1. The smallest absolute Gasteiger partial charge is 0.229 e. The number of halogens is 1. The van der Waals surface area contributed by atoms with Crippen LogP contribution in [0.4, 0.5) is 5.82 Å². The van der Waals surface area contributed by atoms with Crippen molar-refractivity contribution in [2.45, 2.75) is 6.42 Å². The third-order valence-electron chi connectivity index (χ3n) is 2.58. The molecule has 2 heterocycles. The summed E-state index contributed by atoms with van der Waals surface area (Å²) in [5.41, 5.74) is 0. The summed E-state index contributed by atoms with van der Waals surface area (Å²) in [5.74, 6) is -0.261. The molecule has 0 spiro atoms. The number of anilines is 1. The molecule has 1 N–H and O–H groups in total. The first-order chi connectivity index (χ1) is 7.96. The van der Waals surface area contributed by atoms with Gasteiger partial charge in [0.2, 0.25) is 5.91 Å². The lowest BCUT2D eigenvalue weighted by Gasteiger charge is -2.08. The highest BCUT2D eigenvalue weighted by molar-refractivity contribution is 9.10. The number of carbonyl (C=O) groups excluding carboxylic acids is 1. The number of rotatable bonds is 2. The van der Waals surface area contributed by atoms with Gasteiger partial charge in [-0.3, -0.25) is 4.79 Å². The molecule has 1 saturated heterocycles. The highest BCUT2D eigenvalue weighted by Gasteiger charge is 2.32. The van der Waals surface area contributed by atoms with Crippen molar-refractivity contribution in [2.24, 2.45) is 5.92 Å². The highest BCUT2D eigenvalue weighted by Crippen LogP contribution is 2.20. The molecule has 7 heteroatoms. The minimum atomic E-state index is -3.03. The maximum atomic E-state index is 11.8. The number of nitrogens with zero attached hydrogens (tertiary/aromatic N) is 1. The van der Waals surface area contributed by atoms with E-state index in [1.807, 2.05) is 0 Å². The number of pyridine rings is 1. The van der Waals surface area contributed by atoms with Crippen LogP contribution in [0.25, 0.3) is 0 Å². The van der Waals surface area contributed by atoms with Crippen LogP contribution in [0.2, 0.25) is 0 Å². The van der Waals surface area contributed by atoms with Gasteiger partial charge in [-0.2, -0.15) is 0 Å². The summed E-state index contributed by atoms with van der Waals surface area (Å²) < 4.78 is 23.3. The van der Waals surface area contributed by atoms with Crippen molar-refractivity contribution in [3.63, 3.8) is 0 Å². The first kappa shape index (κ1) is 12.5. The van der Waals surface area contributed by atoms with E-state index in [9.17, 15) is 13.2 Å². The molecule has 1 amide bonds. The predicted octanol–water partition coefficient (Wildman–Crippen LogP) is 1.22. The van der Waals surface area contributed by atoms with Gasteiger partial charge in [-0.25, -0.2) is 13.4 Å². The van der Waals surface area contributed by atoms with E-state index in [1.54, 1.807) is 18.3 Å². The summed E-state index contributed by atoms with van der Waals surface area (Å²) in [4.78, 5) is 15.8. The molecule has 0 saturated carbocycles. The normalized spacial score (nSPS) is 22.3. The Bertz CT molecular complexity index is 527. The fraction of sp³-hybridized carbons (Fsp3) is 0.400. The molecule has 5 nitrogen and oxygen atoms in total. The number of hydrogen-bond donors (Lipinski definition) is 1. The molecule has 17 heavy (non-hydrogen) atoms. The van der Waals surface area contributed by atoms with Gasteiger partial charge in [-0.05, 0) is 34.5 Å². The van der Waals surface area contributed by atoms with E-state index in [1.165, 1.54) is 0 Å². The average Bonchev–Trinajstić information content (AvgIpc) is 2.62. The third-order valence-corrected chi connectivity index (χ3v) is 4.82. The summed E-state index contributed by atoms with van der Waals surface area (Å²) in [5, 5.41) is 2.61. The van der Waals surface area contributed by atoms with E-state index < -0.39 is 15.8 Å². The third kappa shape index (κ3) is 3.26. The number of nitrogens with one attached hydrogen (secondary N) is 1. The quantitative estimate of drug-likeness (QED) is 0.889. The fourth-order valence-electron chi connectivity index (χ4n) is 1.68. The van der Waals surface area contributed by atoms with Crippen molar-refractivity contribution in [2.75, 3.05) is 16.8 Å². The van der Waals surface area contributed by atoms with Crippen molar-refractivity contribution >= 4 is 37.5 Å². The zero-order valence-electron chi connectivity index (χ0n) is 8.89. The molecule has 1 fully saturated rings. The molecule has 1 aliphatic heterocycles. The zero-order chi connectivity index (χ0) is 12.5. The molecule has 0 radical (unpaired) electrons. The van der Waals surface area contributed by atoms with Gasteiger partial charge in [-0.15, -0.1) is 0 Å². The lowest BCUT2D eigenvalue weighted by Crippen LogP contribution is -2.24. The van der Waals surface area contributed by atoms with E-state index >= 15 is 0 Å². The Morgan fingerprint density at radius 1 is 1.47 bits per heavy atom. The lowest BCUT2D eigenvalue weighted by atomic mass is 10.1. The Labute approximate surface area is 108 Å². The van der Waals surface area contributed by atoms with Crippen LogP contribution in [0.15, 0.2) is 22.8 Å². The van der Waals surface area contributed by atoms with E-state index in [0.29, 0.717) is 12.2 Å². The SMILES string of the molecule is O=C(Nc1ccc(Br)cn1)C1CCS(=O)(=O)C1. The molecular formula is C10H11BrN2O3S.